The van der Waals surface area contributed by atoms with Crippen LogP contribution in [-0.2, 0) is 6.42 Å². The van der Waals surface area contributed by atoms with Crippen molar-refractivity contribution < 1.29 is 9.47 Å². The van der Waals surface area contributed by atoms with Gasteiger partial charge >= 0.3 is 0 Å². The van der Waals surface area contributed by atoms with E-state index in [0.717, 1.165) is 6.42 Å². The maximum absolute atomic E-state index is 5.81. The van der Waals surface area contributed by atoms with E-state index in [-0.39, 0.29) is 0 Å². The van der Waals surface area contributed by atoms with Crippen LogP contribution in [0.1, 0.15) is 12.5 Å². The van der Waals surface area contributed by atoms with Gasteiger partial charge in [0.2, 0.25) is 11.8 Å². The average molecular weight is 338 g/mol. The van der Waals surface area contributed by atoms with E-state index in [0.29, 0.717) is 27.8 Å². The minimum atomic E-state index is 0.437. The maximum atomic E-state index is 5.81. The fourth-order valence-corrected chi connectivity index (χ4v) is 1.94. The number of methoxy groups -OCH3 is 1. The molecule has 0 saturated carbocycles. The second-order valence-corrected chi connectivity index (χ2v) is 4.89. The summed E-state index contributed by atoms with van der Waals surface area (Å²) in [4.78, 5) is 8.35. The summed E-state index contributed by atoms with van der Waals surface area (Å²) in [6, 6.07) is 5.85. The number of ether oxygens (including phenoxy) is 2. The van der Waals surface area contributed by atoms with Crippen LogP contribution in [0.5, 0.6) is 17.4 Å². The highest BCUT2D eigenvalue weighted by molar-refractivity contribution is 9.10. The molecule has 20 heavy (non-hydrogen) atoms. The summed E-state index contributed by atoms with van der Waals surface area (Å²) in [5, 5.41) is 2.87. The van der Waals surface area contributed by atoms with E-state index in [1.54, 1.807) is 20.4 Å². The van der Waals surface area contributed by atoms with Gasteiger partial charge in [-0.1, -0.05) is 13.0 Å². The first-order chi connectivity index (χ1) is 9.67. The normalized spacial score (nSPS) is 10.2. The molecule has 2 rings (SSSR count). The van der Waals surface area contributed by atoms with E-state index >= 15 is 0 Å². The van der Waals surface area contributed by atoms with Crippen LogP contribution in [0.25, 0.3) is 0 Å². The zero-order valence-electron chi connectivity index (χ0n) is 11.6. The molecule has 1 heterocycles. The lowest BCUT2D eigenvalue weighted by Crippen LogP contribution is -1.99. The Morgan fingerprint density at radius 2 is 2.10 bits per heavy atom. The van der Waals surface area contributed by atoms with E-state index in [4.69, 9.17) is 9.47 Å². The first kappa shape index (κ1) is 14.6. The minimum absolute atomic E-state index is 0.437. The first-order valence-corrected chi connectivity index (χ1v) is 7.02. The number of hydrogen-bond donors (Lipinski definition) is 1. The molecule has 0 spiro atoms. The molecular weight excluding hydrogens is 322 g/mol. The monoisotopic (exact) mass is 337 g/mol. The molecule has 0 fully saturated rings. The molecule has 0 aliphatic carbocycles. The number of halogens is 1. The van der Waals surface area contributed by atoms with Crippen molar-refractivity contribution in [1.29, 1.82) is 0 Å². The lowest BCUT2D eigenvalue weighted by Gasteiger charge is -2.12. The largest absolute Gasteiger partial charge is 0.493 e. The van der Waals surface area contributed by atoms with Gasteiger partial charge < -0.3 is 14.8 Å². The van der Waals surface area contributed by atoms with Crippen LogP contribution in [0.3, 0.4) is 0 Å². The Balaban J connectivity index is 2.34. The van der Waals surface area contributed by atoms with Crippen LogP contribution in [0.2, 0.25) is 0 Å². The smallest absolute Gasteiger partial charge is 0.238 e. The van der Waals surface area contributed by atoms with Gasteiger partial charge in [-0.25, -0.2) is 4.98 Å². The van der Waals surface area contributed by atoms with Gasteiger partial charge in [0.05, 0.1) is 17.8 Å². The van der Waals surface area contributed by atoms with E-state index in [2.05, 4.69) is 38.1 Å². The predicted octanol–water partition coefficient (Wildman–Crippen LogP) is 3.64. The van der Waals surface area contributed by atoms with E-state index in [9.17, 15) is 0 Å². The van der Waals surface area contributed by atoms with Crippen LogP contribution < -0.4 is 14.8 Å². The van der Waals surface area contributed by atoms with Gasteiger partial charge in [0.15, 0.2) is 11.5 Å². The topological polar surface area (TPSA) is 56.3 Å². The standard InChI is InChI=1S/C14H16BrN3O2/c1-4-9-5-6-11(12(7-9)19-3)20-13-10(15)8-17-14(16-2)18-13/h5-8H,4H2,1-3H3,(H,16,17,18). The Morgan fingerprint density at radius 3 is 2.75 bits per heavy atom. The van der Waals surface area contributed by atoms with Gasteiger partial charge in [0.25, 0.3) is 0 Å². The van der Waals surface area contributed by atoms with Crippen molar-refractivity contribution in [3.05, 3.63) is 34.4 Å². The molecular formula is C14H16BrN3O2. The third-order valence-electron chi connectivity index (χ3n) is 2.78. The number of nitrogens with zero attached hydrogens (tertiary/aromatic N) is 2. The van der Waals surface area contributed by atoms with E-state index in [1.165, 1.54) is 5.56 Å². The molecule has 6 heteroatoms. The molecule has 5 nitrogen and oxygen atoms in total. The molecule has 1 aromatic heterocycles. The van der Waals surface area contributed by atoms with Crippen molar-refractivity contribution in [2.75, 3.05) is 19.5 Å². The third-order valence-corrected chi connectivity index (χ3v) is 3.32. The number of aryl methyl sites for hydroxylation is 1. The van der Waals surface area contributed by atoms with Crippen LogP contribution in [-0.4, -0.2) is 24.1 Å². The number of hydrogen-bond acceptors (Lipinski definition) is 5. The summed E-state index contributed by atoms with van der Waals surface area (Å²) in [5.74, 6) is 2.23. The Kier molecular flexibility index (Phi) is 4.79. The molecule has 0 saturated heterocycles. The Bertz CT molecular complexity index is 605. The number of aromatic nitrogens is 2. The molecule has 0 bridgehead atoms. The van der Waals surface area contributed by atoms with E-state index in [1.807, 2.05) is 18.2 Å². The van der Waals surface area contributed by atoms with Crippen LogP contribution in [0, 0.1) is 0 Å². The van der Waals surface area contributed by atoms with Gasteiger partial charge in [-0.05, 0) is 40.0 Å². The third kappa shape index (κ3) is 3.19. The second kappa shape index (κ2) is 6.56. The van der Waals surface area contributed by atoms with Gasteiger partial charge in [0, 0.05) is 7.05 Å². The highest BCUT2D eigenvalue weighted by Crippen LogP contribution is 2.34. The Labute approximate surface area is 126 Å². The summed E-state index contributed by atoms with van der Waals surface area (Å²) in [6.45, 7) is 2.09. The molecule has 2 aromatic rings. The summed E-state index contributed by atoms with van der Waals surface area (Å²) in [6.07, 6.45) is 2.58. The van der Waals surface area contributed by atoms with Crippen molar-refractivity contribution in [2.45, 2.75) is 13.3 Å². The van der Waals surface area contributed by atoms with Crippen molar-refractivity contribution in [2.24, 2.45) is 0 Å². The molecule has 0 unspecified atom stereocenters. The minimum Gasteiger partial charge on any atom is -0.493 e. The van der Waals surface area contributed by atoms with Crippen molar-refractivity contribution in [3.8, 4) is 17.4 Å². The van der Waals surface area contributed by atoms with Crippen LogP contribution in [0.4, 0.5) is 5.95 Å². The number of nitrogens with one attached hydrogen (secondary N) is 1. The fourth-order valence-electron chi connectivity index (χ4n) is 1.66. The maximum Gasteiger partial charge on any atom is 0.238 e. The Morgan fingerprint density at radius 1 is 1.30 bits per heavy atom. The van der Waals surface area contributed by atoms with Gasteiger partial charge in [-0.2, -0.15) is 4.98 Å². The number of rotatable bonds is 5. The fraction of sp³-hybridized carbons (Fsp3) is 0.286. The molecule has 106 valence electrons. The molecule has 0 radical (unpaired) electrons. The number of benzene rings is 1. The van der Waals surface area contributed by atoms with Crippen LogP contribution in [0.15, 0.2) is 28.9 Å². The van der Waals surface area contributed by atoms with E-state index < -0.39 is 0 Å². The Hall–Kier alpha value is -1.82. The summed E-state index contributed by atoms with van der Waals surface area (Å²) >= 11 is 3.37. The van der Waals surface area contributed by atoms with Crippen LogP contribution >= 0.6 is 15.9 Å². The average Bonchev–Trinajstić information content (AvgIpc) is 2.49. The predicted molar refractivity (Wildman–Crippen MR) is 81.7 cm³/mol. The zero-order valence-corrected chi connectivity index (χ0v) is 13.2. The highest BCUT2D eigenvalue weighted by Gasteiger charge is 2.11. The molecule has 0 amide bonds. The molecule has 0 aliphatic heterocycles. The SMILES string of the molecule is CCc1ccc(Oc2nc(NC)ncc2Br)c(OC)c1. The van der Waals surface area contributed by atoms with Crippen molar-refractivity contribution >= 4 is 21.9 Å². The van der Waals surface area contributed by atoms with Gasteiger partial charge in [0.1, 0.15) is 0 Å². The molecule has 1 N–H and O–H groups in total. The van der Waals surface area contributed by atoms with Crippen molar-refractivity contribution in [1.82, 2.24) is 9.97 Å². The molecule has 1 aromatic carbocycles. The summed E-state index contributed by atoms with van der Waals surface area (Å²) < 4.78 is 11.8. The summed E-state index contributed by atoms with van der Waals surface area (Å²) in [7, 11) is 3.37. The first-order valence-electron chi connectivity index (χ1n) is 6.23. The van der Waals surface area contributed by atoms with Crippen molar-refractivity contribution in [3.63, 3.8) is 0 Å². The second-order valence-electron chi connectivity index (χ2n) is 4.04. The molecule has 0 aliphatic rings. The quantitative estimate of drug-likeness (QED) is 0.902. The zero-order chi connectivity index (χ0) is 14.5. The number of anilines is 1. The summed E-state index contributed by atoms with van der Waals surface area (Å²) in [5.41, 5.74) is 1.19. The van der Waals surface area contributed by atoms with Gasteiger partial charge in [-0.15, -0.1) is 0 Å². The lowest BCUT2D eigenvalue weighted by atomic mass is 10.1. The van der Waals surface area contributed by atoms with Gasteiger partial charge in [-0.3, -0.25) is 0 Å². The molecule has 0 atom stereocenters. The lowest BCUT2D eigenvalue weighted by molar-refractivity contribution is 0.372. The highest BCUT2D eigenvalue weighted by atomic mass is 79.9.